The van der Waals surface area contributed by atoms with Gasteiger partial charge in [0, 0.05) is 13.0 Å². The molecule has 4 nitrogen and oxygen atoms in total. The van der Waals surface area contributed by atoms with E-state index in [1.807, 2.05) is 0 Å². The highest BCUT2D eigenvalue weighted by molar-refractivity contribution is 5.87. The van der Waals surface area contributed by atoms with E-state index >= 15 is 0 Å². The maximum absolute atomic E-state index is 10.5. The maximum atomic E-state index is 10.5. The second-order valence-corrected chi connectivity index (χ2v) is 3.34. The summed E-state index contributed by atoms with van der Waals surface area (Å²) in [6.45, 7) is 2.46. The molecule has 0 saturated heterocycles. The molecule has 2 N–H and O–H groups in total. The number of amidine groups is 1. The number of hydrogen-bond donors (Lipinski definition) is 2. The van der Waals surface area contributed by atoms with Crippen molar-refractivity contribution in [2.24, 2.45) is 4.99 Å². The molecule has 0 unspecified atom stereocenters. The van der Waals surface area contributed by atoms with Gasteiger partial charge in [-0.3, -0.25) is 9.79 Å². The zero-order valence-corrected chi connectivity index (χ0v) is 7.92. The normalized spacial score (nSPS) is 19.9. The Labute approximate surface area is 78.1 Å². The zero-order chi connectivity index (χ0) is 9.68. The van der Waals surface area contributed by atoms with Gasteiger partial charge >= 0.3 is 5.97 Å². The van der Waals surface area contributed by atoms with Crippen molar-refractivity contribution >= 4 is 11.8 Å². The van der Waals surface area contributed by atoms with E-state index in [2.05, 4.69) is 10.3 Å². The van der Waals surface area contributed by atoms with Gasteiger partial charge in [0.1, 0.15) is 6.04 Å². The monoisotopic (exact) mass is 184 g/mol. The molecule has 1 rings (SSSR count). The van der Waals surface area contributed by atoms with Crippen molar-refractivity contribution in [1.82, 2.24) is 5.32 Å². The second kappa shape index (κ2) is 4.84. The van der Waals surface area contributed by atoms with E-state index in [1.54, 1.807) is 6.92 Å². The predicted octanol–water partition coefficient (Wildman–Crippen LogP) is 1.02. The minimum atomic E-state index is -0.827. The smallest absolute Gasteiger partial charge is 0.325 e. The second-order valence-electron chi connectivity index (χ2n) is 3.34. The van der Waals surface area contributed by atoms with Crippen LogP contribution in [0.2, 0.25) is 0 Å². The lowest BCUT2D eigenvalue weighted by Gasteiger charge is -2.11. The molecule has 1 heterocycles. The Bertz CT molecular complexity index is 214. The first-order valence-corrected chi connectivity index (χ1v) is 4.73. The number of carbonyl (C=O) groups is 1. The summed E-state index contributed by atoms with van der Waals surface area (Å²) in [5, 5.41) is 11.6. The molecule has 0 amide bonds. The molecule has 1 aliphatic rings. The molecule has 0 aliphatic carbocycles. The van der Waals surface area contributed by atoms with Gasteiger partial charge in [0.15, 0.2) is 0 Å². The predicted molar refractivity (Wildman–Crippen MR) is 51.0 cm³/mol. The molecule has 0 aromatic carbocycles. The van der Waals surface area contributed by atoms with Crippen LogP contribution >= 0.6 is 0 Å². The average molecular weight is 184 g/mol. The van der Waals surface area contributed by atoms with E-state index in [0.29, 0.717) is 0 Å². The summed E-state index contributed by atoms with van der Waals surface area (Å²) in [4.78, 5) is 14.8. The standard InChI is InChI=1S/C9H16N2O2/c1-7(9(12)13)11-8-5-3-2-4-6-10-8/h7H,2-6H2,1H3,(H,10,11)(H,12,13)/t7-/m0/s1. The van der Waals surface area contributed by atoms with Crippen molar-refractivity contribution < 1.29 is 9.90 Å². The van der Waals surface area contributed by atoms with Crippen LogP contribution in [-0.4, -0.2) is 29.5 Å². The van der Waals surface area contributed by atoms with Gasteiger partial charge in [0.2, 0.25) is 0 Å². The lowest BCUT2D eigenvalue weighted by atomic mass is 10.2. The molecular formula is C9H16N2O2. The van der Waals surface area contributed by atoms with Crippen LogP contribution in [0.3, 0.4) is 0 Å². The highest BCUT2D eigenvalue weighted by Gasteiger charge is 2.12. The fourth-order valence-corrected chi connectivity index (χ4v) is 1.30. The minimum absolute atomic E-state index is 0.531. The third kappa shape index (κ3) is 3.44. The molecule has 0 spiro atoms. The summed E-state index contributed by atoms with van der Waals surface area (Å²) in [5.74, 6) is 0.0272. The van der Waals surface area contributed by atoms with Gasteiger partial charge in [0.25, 0.3) is 0 Å². The molecule has 0 aromatic heterocycles. The Hall–Kier alpha value is -1.06. The first-order chi connectivity index (χ1) is 6.20. The number of hydrogen-bond acceptors (Lipinski definition) is 3. The van der Waals surface area contributed by atoms with Crippen molar-refractivity contribution in [3.63, 3.8) is 0 Å². The van der Waals surface area contributed by atoms with Crippen molar-refractivity contribution in [2.75, 3.05) is 6.54 Å². The van der Waals surface area contributed by atoms with Crippen LogP contribution in [0, 0.1) is 0 Å². The molecule has 4 heteroatoms. The third-order valence-electron chi connectivity index (χ3n) is 2.13. The number of nitrogens with one attached hydrogen (secondary N) is 1. The van der Waals surface area contributed by atoms with Crippen LogP contribution in [0.25, 0.3) is 0 Å². The fraction of sp³-hybridized carbons (Fsp3) is 0.778. The van der Waals surface area contributed by atoms with E-state index in [1.165, 1.54) is 6.42 Å². The molecule has 0 bridgehead atoms. The minimum Gasteiger partial charge on any atom is -0.480 e. The molecule has 1 aliphatic heterocycles. The number of rotatable bonds is 2. The summed E-state index contributed by atoms with van der Waals surface area (Å²) >= 11 is 0. The first-order valence-electron chi connectivity index (χ1n) is 4.73. The average Bonchev–Trinajstić information content (AvgIpc) is 2.32. The van der Waals surface area contributed by atoms with Crippen LogP contribution in [0.15, 0.2) is 4.99 Å². The molecule has 0 saturated carbocycles. The van der Waals surface area contributed by atoms with Crippen LogP contribution in [0.1, 0.15) is 32.6 Å². The van der Waals surface area contributed by atoms with Crippen molar-refractivity contribution in [2.45, 2.75) is 38.6 Å². The Morgan fingerprint density at radius 1 is 1.54 bits per heavy atom. The SMILES string of the molecule is C[C@H](NC1=NCCCCC1)C(=O)O. The Balaban J connectivity index is 2.42. The van der Waals surface area contributed by atoms with E-state index in [4.69, 9.17) is 5.11 Å². The van der Waals surface area contributed by atoms with E-state index in [9.17, 15) is 4.79 Å². The van der Waals surface area contributed by atoms with Gasteiger partial charge in [-0.05, 0) is 19.8 Å². The van der Waals surface area contributed by atoms with Gasteiger partial charge in [-0.15, -0.1) is 0 Å². The Morgan fingerprint density at radius 3 is 3.00 bits per heavy atom. The van der Waals surface area contributed by atoms with E-state index in [0.717, 1.165) is 31.6 Å². The molecular weight excluding hydrogens is 168 g/mol. The summed E-state index contributed by atoms with van der Waals surface area (Å²) in [7, 11) is 0. The van der Waals surface area contributed by atoms with Crippen LogP contribution in [-0.2, 0) is 4.79 Å². The summed E-state index contributed by atoms with van der Waals surface area (Å²) < 4.78 is 0. The summed E-state index contributed by atoms with van der Waals surface area (Å²) in [5.41, 5.74) is 0. The van der Waals surface area contributed by atoms with Gasteiger partial charge < -0.3 is 10.4 Å². The van der Waals surface area contributed by atoms with E-state index in [-0.39, 0.29) is 0 Å². The lowest BCUT2D eigenvalue weighted by Crippen LogP contribution is -2.38. The van der Waals surface area contributed by atoms with Crippen molar-refractivity contribution in [3.8, 4) is 0 Å². The van der Waals surface area contributed by atoms with Gasteiger partial charge in [-0.2, -0.15) is 0 Å². The highest BCUT2D eigenvalue weighted by Crippen LogP contribution is 2.06. The molecule has 0 fully saturated rings. The topological polar surface area (TPSA) is 61.7 Å². The molecule has 1 atom stereocenters. The Kier molecular flexibility index (Phi) is 3.73. The van der Waals surface area contributed by atoms with Crippen molar-refractivity contribution in [1.29, 1.82) is 0 Å². The number of nitrogens with zero attached hydrogens (tertiary/aromatic N) is 1. The molecule has 0 aromatic rings. The number of aliphatic imine (C=N–C) groups is 1. The summed E-state index contributed by atoms with van der Waals surface area (Å²) in [6.07, 6.45) is 4.30. The molecule has 0 radical (unpaired) electrons. The van der Waals surface area contributed by atoms with Gasteiger partial charge in [-0.1, -0.05) is 6.42 Å². The molecule has 74 valence electrons. The van der Waals surface area contributed by atoms with Crippen LogP contribution in [0.5, 0.6) is 0 Å². The fourth-order valence-electron chi connectivity index (χ4n) is 1.30. The first kappa shape index (κ1) is 10.0. The van der Waals surface area contributed by atoms with Crippen molar-refractivity contribution in [3.05, 3.63) is 0 Å². The zero-order valence-electron chi connectivity index (χ0n) is 7.92. The van der Waals surface area contributed by atoms with E-state index < -0.39 is 12.0 Å². The summed E-state index contributed by atoms with van der Waals surface area (Å²) in [6, 6.07) is -0.531. The number of carboxylic acids is 1. The van der Waals surface area contributed by atoms with Gasteiger partial charge in [-0.25, -0.2) is 0 Å². The lowest BCUT2D eigenvalue weighted by molar-refractivity contribution is -0.138. The number of carboxylic acid groups (broad SMARTS) is 1. The third-order valence-corrected chi connectivity index (χ3v) is 2.13. The van der Waals surface area contributed by atoms with Gasteiger partial charge in [0.05, 0.1) is 5.84 Å². The quantitative estimate of drug-likeness (QED) is 0.673. The number of aliphatic carboxylic acids is 1. The Morgan fingerprint density at radius 2 is 2.31 bits per heavy atom. The largest absolute Gasteiger partial charge is 0.480 e. The van der Waals surface area contributed by atoms with Crippen LogP contribution < -0.4 is 5.32 Å². The molecule has 13 heavy (non-hydrogen) atoms. The van der Waals surface area contributed by atoms with Crippen LogP contribution in [0.4, 0.5) is 0 Å². The highest BCUT2D eigenvalue weighted by atomic mass is 16.4. The maximum Gasteiger partial charge on any atom is 0.325 e.